The Morgan fingerprint density at radius 1 is 1.44 bits per heavy atom. The highest BCUT2D eigenvalue weighted by atomic mass is 79.9. The fourth-order valence-corrected chi connectivity index (χ4v) is 2.62. The average molecular weight is 317 g/mol. The fraction of sp³-hybridized carbons (Fsp3) is 0.583. The first-order valence-electron chi connectivity index (χ1n) is 6.00. The Hall–Kier alpha value is -0.850. The van der Waals surface area contributed by atoms with Crippen LogP contribution >= 0.6 is 15.9 Å². The zero-order chi connectivity index (χ0) is 13.1. The molecular weight excluding hydrogens is 300 g/mol. The van der Waals surface area contributed by atoms with Crippen molar-refractivity contribution in [2.45, 2.75) is 6.92 Å². The highest BCUT2D eigenvalue weighted by Crippen LogP contribution is 2.21. The van der Waals surface area contributed by atoms with E-state index in [0.717, 1.165) is 18.7 Å². The van der Waals surface area contributed by atoms with E-state index in [1.165, 1.54) is 0 Å². The minimum Gasteiger partial charge on any atom is -0.444 e. The van der Waals surface area contributed by atoms with Gasteiger partial charge in [-0.25, -0.2) is 0 Å². The van der Waals surface area contributed by atoms with Crippen LogP contribution in [0.5, 0.6) is 0 Å². The van der Waals surface area contributed by atoms with Gasteiger partial charge in [0.1, 0.15) is 0 Å². The molecule has 1 aliphatic rings. The second-order valence-electron chi connectivity index (χ2n) is 4.42. The van der Waals surface area contributed by atoms with Gasteiger partial charge in [0, 0.05) is 38.3 Å². The van der Waals surface area contributed by atoms with Gasteiger partial charge in [0.25, 0.3) is 5.91 Å². The van der Waals surface area contributed by atoms with Crippen LogP contribution in [-0.2, 0) is 0 Å². The second-order valence-corrected chi connectivity index (χ2v) is 5.20. The summed E-state index contributed by atoms with van der Waals surface area (Å²) in [7, 11) is 0. The number of aliphatic hydroxyl groups excluding tert-OH is 1. The Morgan fingerprint density at radius 3 is 2.61 bits per heavy atom. The lowest BCUT2D eigenvalue weighted by Gasteiger charge is -2.33. The van der Waals surface area contributed by atoms with Gasteiger partial charge in [0.05, 0.1) is 6.61 Å². The first-order chi connectivity index (χ1) is 8.61. The molecule has 0 radical (unpaired) electrons. The van der Waals surface area contributed by atoms with Gasteiger partial charge in [0.2, 0.25) is 0 Å². The molecule has 1 aromatic heterocycles. The number of aryl methyl sites for hydroxylation is 1. The molecule has 1 fully saturated rings. The van der Waals surface area contributed by atoms with Crippen LogP contribution in [0.15, 0.2) is 15.2 Å². The second kappa shape index (κ2) is 5.86. The number of piperazine rings is 1. The molecule has 18 heavy (non-hydrogen) atoms. The molecule has 6 heteroatoms. The van der Waals surface area contributed by atoms with Crippen LogP contribution < -0.4 is 0 Å². The number of nitrogens with zero attached hydrogens (tertiary/aromatic N) is 2. The number of β-amino-alcohol motifs (C(OH)–C–C–N with tert-alkyl or cyclic N) is 1. The first-order valence-corrected chi connectivity index (χ1v) is 6.79. The van der Waals surface area contributed by atoms with Crippen LogP contribution in [0.3, 0.4) is 0 Å². The minimum absolute atomic E-state index is 0.0538. The van der Waals surface area contributed by atoms with Gasteiger partial charge in [0.15, 0.2) is 10.4 Å². The van der Waals surface area contributed by atoms with E-state index in [1.54, 1.807) is 11.0 Å². The maximum atomic E-state index is 12.2. The number of rotatable bonds is 3. The van der Waals surface area contributed by atoms with E-state index < -0.39 is 0 Å². The lowest BCUT2D eigenvalue weighted by Crippen LogP contribution is -2.49. The SMILES string of the molecule is Cc1cc(Br)oc1C(=O)N1CCN(CCO)CC1. The number of hydrogen-bond acceptors (Lipinski definition) is 4. The van der Waals surface area contributed by atoms with E-state index >= 15 is 0 Å². The van der Waals surface area contributed by atoms with Gasteiger partial charge in [-0.3, -0.25) is 9.69 Å². The normalized spacial score (nSPS) is 17.2. The topological polar surface area (TPSA) is 56.9 Å². The van der Waals surface area contributed by atoms with Crippen molar-refractivity contribution in [2.24, 2.45) is 0 Å². The largest absolute Gasteiger partial charge is 0.444 e. The van der Waals surface area contributed by atoms with E-state index in [1.807, 2.05) is 6.92 Å². The van der Waals surface area contributed by atoms with Crippen LogP contribution in [0.25, 0.3) is 0 Å². The molecule has 0 aliphatic carbocycles. The summed E-state index contributed by atoms with van der Waals surface area (Å²) in [6.07, 6.45) is 0. The summed E-state index contributed by atoms with van der Waals surface area (Å²) < 4.78 is 5.96. The predicted octanol–water partition coefficient (Wildman–Crippen LogP) is 1.10. The molecule has 0 unspecified atom stereocenters. The molecule has 0 saturated carbocycles. The quantitative estimate of drug-likeness (QED) is 0.907. The van der Waals surface area contributed by atoms with E-state index in [0.29, 0.717) is 30.1 Å². The van der Waals surface area contributed by atoms with Crippen molar-refractivity contribution in [1.82, 2.24) is 9.80 Å². The third kappa shape index (κ3) is 2.93. The lowest BCUT2D eigenvalue weighted by molar-refractivity contribution is 0.0583. The summed E-state index contributed by atoms with van der Waals surface area (Å²) in [5, 5.41) is 8.87. The number of amides is 1. The van der Waals surface area contributed by atoms with Crippen molar-refractivity contribution in [3.8, 4) is 0 Å². The molecule has 1 N–H and O–H groups in total. The molecule has 2 heterocycles. The van der Waals surface area contributed by atoms with Gasteiger partial charge in [-0.1, -0.05) is 0 Å². The molecule has 0 bridgehead atoms. The van der Waals surface area contributed by atoms with E-state index in [2.05, 4.69) is 20.8 Å². The number of furan rings is 1. The van der Waals surface area contributed by atoms with Gasteiger partial charge in [-0.05, 0) is 28.9 Å². The van der Waals surface area contributed by atoms with Gasteiger partial charge < -0.3 is 14.4 Å². The van der Waals surface area contributed by atoms with Crippen LogP contribution in [0.4, 0.5) is 0 Å². The van der Waals surface area contributed by atoms with Crippen molar-refractivity contribution in [3.05, 3.63) is 22.1 Å². The molecule has 0 aromatic carbocycles. The standard InChI is InChI=1S/C12H17BrN2O3/c1-9-8-10(13)18-11(9)12(17)15-4-2-14(3-5-15)6-7-16/h8,16H,2-7H2,1H3. The molecule has 0 atom stereocenters. The molecule has 5 nitrogen and oxygen atoms in total. The predicted molar refractivity (Wildman–Crippen MR) is 70.6 cm³/mol. The average Bonchev–Trinajstić information content (AvgIpc) is 2.69. The van der Waals surface area contributed by atoms with Crippen molar-refractivity contribution < 1.29 is 14.3 Å². The Labute approximate surface area is 114 Å². The van der Waals surface area contributed by atoms with Crippen LogP contribution in [0.1, 0.15) is 16.1 Å². The van der Waals surface area contributed by atoms with Crippen LogP contribution in [0.2, 0.25) is 0 Å². The highest BCUT2D eigenvalue weighted by molar-refractivity contribution is 9.10. The summed E-state index contributed by atoms with van der Waals surface area (Å²) >= 11 is 3.23. The number of carbonyl (C=O) groups excluding carboxylic acids is 1. The summed E-state index contributed by atoms with van der Waals surface area (Å²) in [5.74, 6) is 0.360. The van der Waals surface area contributed by atoms with Gasteiger partial charge >= 0.3 is 0 Å². The Bertz CT molecular complexity index is 425. The number of carbonyl (C=O) groups is 1. The first kappa shape index (κ1) is 13.6. The summed E-state index contributed by atoms with van der Waals surface area (Å²) in [5.41, 5.74) is 0.852. The van der Waals surface area contributed by atoms with Gasteiger partial charge in [-0.2, -0.15) is 0 Å². The minimum atomic E-state index is -0.0538. The fourth-order valence-electron chi connectivity index (χ4n) is 2.12. The molecule has 1 aromatic rings. The third-order valence-electron chi connectivity index (χ3n) is 3.16. The third-order valence-corrected chi connectivity index (χ3v) is 3.55. The smallest absolute Gasteiger partial charge is 0.289 e. The zero-order valence-electron chi connectivity index (χ0n) is 10.4. The summed E-state index contributed by atoms with van der Waals surface area (Å²) in [6, 6.07) is 1.80. The molecule has 2 rings (SSSR count). The molecule has 1 saturated heterocycles. The van der Waals surface area contributed by atoms with E-state index in [-0.39, 0.29) is 12.5 Å². The van der Waals surface area contributed by atoms with E-state index in [9.17, 15) is 4.79 Å². The Balaban J connectivity index is 1.97. The van der Waals surface area contributed by atoms with Crippen molar-refractivity contribution in [1.29, 1.82) is 0 Å². The highest BCUT2D eigenvalue weighted by Gasteiger charge is 2.25. The number of hydrogen-bond donors (Lipinski definition) is 1. The number of halogens is 1. The number of aliphatic hydroxyl groups is 1. The molecule has 1 amide bonds. The maximum absolute atomic E-state index is 12.2. The van der Waals surface area contributed by atoms with Crippen LogP contribution in [-0.4, -0.2) is 60.1 Å². The Morgan fingerprint density at radius 2 is 2.11 bits per heavy atom. The summed E-state index contributed by atoms with van der Waals surface area (Å²) in [6.45, 7) is 5.66. The molecule has 1 aliphatic heterocycles. The van der Waals surface area contributed by atoms with Crippen molar-refractivity contribution in [3.63, 3.8) is 0 Å². The molecule has 0 spiro atoms. The van der Waals surface area contributed by atoms with Gasteiger partial charge in [-0.15, -0.1) is 0 Å². The lowest BCUT2D eigenvalue weighted by atomic mass is 10.2. The van der Waals surface area contributed by atoms with Crippen molar-refractivity contribution in [2.75, 3.05) is 39.3 Å². The zero-order valence-corrected chi connectivity index (χ0v) is 11.9. The monoisotopic (exact) mass is 316 g/mol. The molecule has 100 valence electrons. The summed E-state index contributed by atoms with van der Waals surface area (Å²) in [4.78, 5) is 16.2. The van der Waals surface area contributed by atoms with Crippen LogP contribution in [0, 0.1) is 6.92 Å². The Kier molecular flexibility index (Phi) is 4.42. The maximum Gasteiger partial charge on any atom is 0.289 e. The molecular formula is C12H17BrN2O3. The van der Waals surface area contributed by atoms with E-state index in [4.69, 9.17) is 9.52 Å². The van der Waals surface area contributed by atoms with Crippen molar-refractivity contribution >= 4 is 21.8 Å².